The Morgan fingerprint density at radius 2 is 2.17 bits per heavy atom. The largest absolute Gasteiger partial charge is 0.464 e. The second-order valence-corrected chi connectivity index (χ2v) is 3.95. The molecule has 1 aromatic heterocycles. The molecule has 7 heteroatoms. The fraction of sp³-hybridized carbons (Fsp3) is 0.455. The molecule has 1 atom stereocenters. The third kappa shape index (κ3) is 4.38. The van der Waals surface area contributed by atoms with E-state index in [0.717, 1.165) is 0 Å². The van der Waals surface area contributed by atoms with Crippen LogP contribution >= 0.6 is 12.4 Å². The molecule has 0 radical (unpaired) electrons. The molecule has 1 unspecified atom stereocenters. The lowest BCUT2D eigenvalue weighted by molar-refractivity contribution is -0.116. The Labute approximate surface area is 112 Å². The number of aromatic nitrogens is 1. The lowest BCUT2D eigenvalue weighted by Crippen LogP contribution is -2.23. The van der Waals surface area contributed by atoms with E-state index < -0.39 is 5.97 Å². The van der Waals surface area contributed by atoms with E-state index in [2.05, 4.69) is 10.1 Å². The molecule has 1 aromatic rings. The Morgan fingerprint density at radius 1 is 1.56 bits per heavy atom. The van der Waals surface area contributed by atoms with Gasteiger partial charge in [-0.25, -0.2) is 4.79 Å². The van der Waals surface area contributed by atoms with Gasteiger partial charge in [-0.05, 0) is 13.0 Å². The summed E-state index contributed by atoms with van der Waals surface area (Å²) in [6.07, 6.45) is 1.88. The monoisotopic (exact) mass is 275 g/mol. The maximum atomic E-state index is 11.5. The number of ether oxygens (including phenoxy) is 1. The molecule has 3 N–H and O–H groups in total. The minimum absolute atomic E-state index is 0. The average Bonchev–Trinajstić information content (AvgIpc) is 2.56. The van der Waals surface area contributed by atoms with E-state index in [1.807, 2.05) is 0 Å². The lowest BCUT2D eigenvalue weighted by Gasteiger charge is -2.04. The standard InChI is InChI=1S/C11H17N3O3.ClH/c1-7(12)4-10(15)13-8-5-9(11(16)17-3)14(2)6-8;/h5-7H,4,12H2,1-3H3,(H,13,15);1H. The van der Waals surface area contributed by atoms with Crippen molar-refractivity contribution >= 4 is 30.0 Å². The summed E-state index contributed by atoms with van der Waals surface area (Å²) in [6, 6.07) is 1.36. The molecule has 1 heterocycles. The number of methoxy groups -OCH3 is 1. The highest BCUT2D eigenvalue weighted by atomic mass is 35.5. The number of carbonyl (C=O) groups is 2. The number of amides is 1. The number of nitrogens with zero attached hydrogens (tertiary/aromatic N) is 1. The van der Waals surface area contributed by atoms with Crippen LogP contribution in [0.1, 0.15) is 23.8 Å². The molecule has 1 amide bonds. The lowest BCUT2D eigenvalue weighted by atomic mass is 10.2. The Balaban J connectivity index is 0.00000289. The highest BCUT2D eigenvalue weighted by molar-refractivity contribution is 5.94. The van der Waals surface area contributed by atoms with Gasteiger partial charge in [0.25, 0.3) is 0 Å². The van der Waals surface area contributed by atoms with Crippen LogP contribution in [0.2, 0.25) is 0 Å². The molecule has 0 aliphatic carbocycles. The molecular weight excluding hydrogens is 258 g/mol. The second kappa shape index (κ2) is 7.03. The van der Waals surface area contributed by atoms with Gasteiger partial charge in [-0.2, -0.15) is 0 Å². The fourth-order valence-electron chi connectivity index (χ4n) is 1.44. The first-order chi connectivity index (χ1) is 7.93. The molecular formula is C11H18ClN3O3. The number of halogens is 1. The van der Waals surface area contributed by atoms with Gasteiger partial charge >= 0.3 is 5.97 Å². The number of anilines is 1. The number of esters is 1. The van der Waals surface area contributed by atoms with E-state index in [1.54, 1.807) is 30.8 Å². The third-order valence-corrected chi connectivity index (χ3v) is 2.19. The summed E-state index contributed by atoms with van der Waals surface area (Å²) in [4.78, 5) is 22.8. The normalized spacial score (nSPS) is 11.3. The van der Waals surface area contributed by atoms with E-state index in [4.69, 9.17) is 5.73 Å². The number of nitrogens with one attached hydrogen (secondary N) is 1. The van der Waals surface area contributed by atoms with Crippen LogP contribution < -0.4 is 11.1 Å². The van der Waals surface area contributed by atoms with E-state index in [9.17, 15) is 9.59 Å². The average molecular weight is 276 g/mol. The van der Waals surface area contributed by atoms with Crippen LogP contribution in [0.4, 0.5) is 5.69 Å². The number of hydrogen-bond acceptors (Lipinski definition) is 4. The smallest absolute Gasteiger partial charge is 0.354 e. The van der Waals surface area contributed by atoms with Crippen molar-refractivity contribution in [3.8, 4) is 0 Å². The van der Waals surface area contributed by atoms with Gasteiger partial charge in [0.05, 0.1) is 12.8 Å². The highest BCUT2D eigenvalue weighted by Crippen LogP contribution is 2.14. The SMILES string of the molecule is COC(=O)c1cc(NC(=O)CC(C)N)cn1C.Cl. The summed E-state index contributed by atoms with van der Waals surface area (Å²) >= 11 is 0. The van der Waals surface area contributed by atoms with Crippen LogP contribution in [0.5, 0.6) is 0 Å². The second-order valence-electron chi connectivity index (χ2n) is 3.95. The maximum Gasteiger partial charge on any atom is 0.354 e. The van der Waals surface area contributed by atoms with Crippen molar-refractivity contribution in [3.05, 3.63) is 18.0 Å². The number of aryl methyl sites for hydroxylation is 1. The van der Waals surface area contributed by atoms with E-state index >= 15 is 0 Å². The molecule has 102 valence electrons. The van der Waals surface area contributed by atoms with Crippen LogP contribution in [0, 0.1) is 0 Å². The van der Waals surface area contributed by atoms with Gasteiger partial charge in [-0.15, -0.1) is 12.4 Å². The minimum atomic E-state index is -0.444. The molecule has 0 saturated heterocycles. The molecule has 0 aliphatic heterocycles. The zero-order valence-corrected chi connectivity index (χ0v) is 11.4. The number of carbonyl (C=O) groups excluding carboxylic acids is 2. The van der Waals surface area contributed by atoms with E-state index in [-0.39, 0.29) is 30.8 Å². The van der Waals surface area contributed by atoms with Crippen molar-refractivity contribution in [1.82, 2.24) is 4.57 Å². The van der Waals surface area contributed by atoms with Crippen molar-refractivity contribution in [2.45, 2.75) is 19.4 Å². The highest BCUT2D eigenvalue weighted by Gasteiger charge is 2.13. The number of nitrogens with two attached hydrogens (primary N) is 1. The number of hydrogen-bond donors (Lipinski definition) is 2. The van der Waals surface area contributed by atoms with E-state index in [0.29, 0.717) is 11.4 Å². The molecule has 0 bridgehead atoms. The van der Waals surface area contributed by atoms with Crippen LogP contribution in [-0.2, 0) is 16.6 Å². The van der Waals surface area contributed by atoms with Crippen LogP contribution in [0.3, 0.4) is 0 Å². The minimum Gasteiger partial charge on any atom is -0.464 e. The first kappa shape index (κ1) is 16.5. The van der Waals surface area contributed by atoms with Gasteiger partial charge in [0.1, 0.15) is 5.69 Å². The predicted octanol–water partition coefficient (Wildman–Crippen LogP) is 0.909. The first-order valence-corrected chi connectivity index (χ1v) is 5.24. The molecule has 0 fully saturated rings. The molecule has 6 nitrogen and oxygen atoms in total. The summed E-state index contributed by atoms with van der Waals surface area (Å²) in [6.45, 7) is 1.75. The van der Waals surface area contributed by atoms with Gasteiger partial charge in [0, 0.05) is 25.7 Å². The van der Waals surface area contributed by atoms with Gasteiger partial charge < -0.3 is 20.4 Å². The van der Waals surface area contributed by atoms with Crippen molar-refractivity contribution in [2.75, 3.05) is 12.4 Å². The molecule has 1 rings (SSSR count). The summed E-state index contributed by atoms with van der Waals surface area (Å²) in [5.74, 6) is -0.623. The summed E-state index contributed by atoms with van der Waals surface area (Å²) in [5, 5.41) is 2.67. The maximum absolute atomic E-state index is 11.5. The third-order valence-electron chi connectivity index (χ3n) is 2.19. The molecule has 0 aromatic carbocycles. The van der Waals surface area contributed by atoms with Crippen molar-refractivity contribution in [1.29, 1.82) is 0 Å². The van der Waals surface area contributed by atoms with Crippen molar-refractivity contribution in [2.24, 2.45) is 12.8 Å². The molecule has 0 aliphatic rings. The summed E-state index contributed by atoms with van der Waals surface area (Å²) < 4.78 is 6.20. The van der Waals surface area contributed by atoms with Crippen LogP contribution in [-0.4, -0.2) is 29.6 Å². The zero-order valence-electron chi connectivity index (χ0n) is 10.6. The molecule has 0 saturated carbocycles. The van der Waals surface area contributed by atoms with Crippen LogP contribution in [0.25, 0.3) is 0 Å². The Kier molecular flexibility index (Phi) is 6.43. The quantitative estimate of drug-likeness (QED) is 0.800. The topological polar surface area (TPSA) is 86.3 Å². The predicted molar refractivity (Wildman–Crippen MR) is 70.9 cm³/mol. The van der Waals surface area contributed by atoms with E-state index in [1.165, 1.54) is 7.11 Å². The van der Waals surface area contributed by atoms with Crippen LogP contribution in [0.15, 0.2) is 12.3 Å². The summed E-state index contributed by atoms with van der Waals surface area (Å²) in [7, 11) is 3.01. The molecule has 18 heavy (non-hydrogen) atoms. The van der Waals surface area contributed by atoms with Gasteiger partial charge in [0.15, 0.2) is 0 Å². The summed E-state index contributed by atoms with van der Waals surface area (Å²) in [5.41, 5.74) is 6.44. The van der Waals surface area contributed by atoms with Crippen molar-refractivity contribution < 1.29 is 14.3 Å². The molecule has 0 spiro atoms. The first-order valence-electron chi connectivity index (χ1n) is 5.24. The Morgan fingerprint density at radius 3 is 2.67 bits per heavy atom. The zero-order chi connectivity index (χ0) is 13.0. The van der Waals surface area contributed by atoms with Gasteiger partial charge in [-0.3, -0.25) is 4.79 Å². The Bertz CT molecular complexity index is 429. The van der Waals surface area contributed by atoms with Gasteiger partial charge in [-0.1, -0.05) is 0 Å². The Hall–Kier alpha value is -1.53. The van der Waals surface area contributed by atoms with Gasteiger partial charge in [0.2, 0.25) is 5.91 Å². The fourth-order valence-corrected chi connectivity index (χ4v) is 1.44. The van der Waals surface area contributed by atoms with Crippen molar-refractivity contribution in [3.63, 3.8) is 0 Å². The number of rotatable bonds is 4.